The number of ether oxygens (including phenoxy) is 1. The molecule has 0 bridgehead atoms. The zero-order chi connectivity index (χ0) is 14.9. The van der Waals surface area contributed by atoms with E-state index in [0.717, 1.165) is 17.5 Å². The van der Waals surface area contributed by atoms with Gasteiger partial charge in [-0.3, -0.25) is 0 Å². The van der Waals surface area contributed by atoms with E-state index in [4.69, 9.17) is 4.74 Å². The van der Waals surface area contributed by atoms with E-state index < -0.39 is 0 Å². The fourth-order valence-electron chi connectivity index (χ4n) is 2.87. The smallest absolute Gasteiger partial charge is 0.216 e. The molecule has 4 rings (SSSR count). The van der Waals surface area contributed by atoms with E-state index in [9.17, 15) is 5.11 Å². The van der Waals surface area contributed by atoms with Crippen molar-refractivity contribution >= 4 is 16.8 Å². The normalized spacial score (nSPS) is 17.5. The first kappa shape index (κ1) is 13.0. The van der Waals surface area contributed by atoms with Gasteiger partial charge in [-0.25, -0.2) is 4.99 Å². The molecule has 4 heteroatoms. The molecule has 1 unspecified atom stereocenters. The van der Waals surface area contributed by atoms with E-state index in [-0.39, 0.29) is 11.8 Å². The monoisotopic (exact) mass is 292 g/mol. The Morgan fingerprint density at radius 2 is 2.09 bits per heavy atom. The second kappa shape index (κ2) is 5.22. The summed E-state index contributed by atoms with van der Waals surface area (Å²) in [6.07, 6.45) is 2.89. The lowest BCUT2D eigenvalue weighted by Gasteiger charge is -2.03. The molecule has 2 heterocycles. The van der Waals surface area contributed by atoms with E-state index in [1.807, 2.05) is 24.4 Å². The fraction of sp³-hybridized carbons (Fsp3) is 0.167. The van der Waals surface area contributed by atoms with Gasteiger partial charge in [-0.05, 0) is 29.8 Å². The van der Waals surface area contributed by atoms with Gasteiger partial charge in [0.05, 0.1) is 6.04 Å². The van der Waals surface area contributed by atoms with E-state index in [1.165, 1.54) is 10.9 Å². The van der Waals surface area contributed by atoms with Gasteiger partial charge in [0.25, 0.3) is 0 Å². The number of benzene rings is 2. The molecule has 110 valence electrons. The highest BCUT2D eigenvalue weighted by atomic mass is 16.5. The van der Waals surface area contributed by atoms with Crippen molar-refractivity contribution < 1.29 is 9.84 Å². The molecule has 0 saturated carbocycles. The minimum atomic E-state index is 0.108. The maximum Gasteiger partial charge on any atom is 0.216 e. The molecule has 22 heavy (non-hydrogen) atoms. The van der Waals surface area contributed by atoms with E-state index in [1.54, 1.807) is 18.2 Å². The van der Waals surface area contributed by atoms with Crippen LogP contribution in [0.3, 0.4) is 0 Å². The first-order valence-electron chi connectivity index (χ1n) is 7.34. The van der Waals surface area contributed by atoms with Crippen molar-refractivity contribution in [1.29, 1.82) is 0 Å². The molecule has 0 radical (unpaired) electrons. The van der Waals surface area contributed by atoms with Gasteiger partial charge in [0, 0.05) is 29.1 Å². The minimum absolute atomic E-state index is 0.108. The third-order valence-electron chi connectivity index (χ3n) is 3.94. The molecule has 4 nitrogen and oxygen atoms in total. The molecule has 0 fully saturated rings. The highest BCUT2D eigenvalue weighted by Crippen LogP contribution is 2.23. The predicted molar refractivity (Wildman–Crippen MR) is 86.4 cm³/mol. The fourth-order valence-corrected chi connectivity index (χ4v) is 2.87. The van der Waals surface area contributed by atoms with Crippen LogP contribution in [-0.2, 0) is 11.2 Å². The van der Waals surface area contributed by atoms with Gasteiger partial charge in [0.15, 0.2) is 0 Å². The summed E-state index contributed by atoms with van der Waals surface area (Å²) in [4.78, 5) is 7.94. The molecule has 1 aliphatic heterocycles. The topological polar surface area (TPSA) is 57.6 Å². The Morgan fingerprint density at radius 3 is 3.00 bits per heavy atom. The number of H-pyrrole nitrogens is 1. The molecule has 1 atom stereocenters. The Morgan fingerprint density at radius 1 is 1.18 bits per heavy atom. The van der Waals surface area contributed by atoms with Crippen molar-refractivity contribution in [1.82, 2.24) is 4.98 Å². The summed E-state index contributed by atoms with van der Waals surface area (Å²) in [7, 11) is 0. The number of aromatic hydroxyl groups is 1. The molecule has 0 amide bonds. The van der Waals surface area contributed by atoms with Gasteiger partial charge >= 0.3 is 0 Å². The third-order valence-corrected chi connectivity index (χ3v) is 3.94. The predicted octanol–water partition coefficient (Wildman–Crippen LogP) is 3.26. The van der Waals surface area contributed by atoms with Gasteiger partial charge in [-0.15, -0.1) is 0 Å². The number of aliphatic imine (C=N–C) groups is 1. The summed E-state index contributed by atoms with van der Waals surface area (Å²) in [5.74, 6) is 0.838. The number of nitrogens with one attached hydrogen (secondary N) is 1. The zero-order valence-corrected chi connectivity index (χ0v) is 12.0. The molecule has 1 aliphatic rings. The highest BCUT2D eigenvalue weighted by molar-refractivity contribution is 5.95. The summed E-state index contributed by atoms with van der Waals surface area (Å²) in [5, 5.41) is 10.8. The molecule has 1 aromatic heterocycles. The molecule has 0 spiro atoms. The molecule has 0 aliphatic carbocycles. The lowest BCUT2D eigenvalue weighted by atomic mass is 10.1. The Kier molecular flexibility index (Phi) is 3.07. The van der Waals surface area contributed by atoms with Gasteiger partial charge in [-0.2, -0.15) is 0 Å². The van der Waals surface area contributed by atoms with E-state index >= 15 is 0 Å². The summed E-state index contributed by atoms with van der Waals surface area (Å²) in [6.45, 7) is 0.574. The standard InChI is InChI=1S/C18H16N2O2/c21-15-5-3-4-12(9-15)18-20-14(11-22-18)8-13-10-19-17-7-2-1-6-16(13)17/h1-7,9-10,14,19,21H,8,11H2. The molecule has 0 saturated heterocycles. The maximum atomic E-state index is 9.55. The molecular formula is C18H16N2O2. The first-order chi connectivity index (χ1) is 10.8. The minimum Gasteiger partial charge on any atom is -0.508 e. The van der Waals surface area contributed by atoms with Crippen molar-refractivity contribution in [3.8, 4) is 5.75 Å². The van der Waals surface area contributed by atoms with Crippen LogP contribution < -0.4 is 0 Å². The number of fused-ring (bicyclic) bond motifs is 1. The van der Waals surface area contributed by atoms with Crippen LogP contribution in [0.15, 0.2) is 59.7 Å². The number of hydrogen-bond acceptors (Lipinski definition) is 3. The molecule has 2 N–H and O–H groups in total. The highest BCUT2D eigenvalue weighted by Gasteiger charge is 2.21. The average Bonchev–Trinajstić information content (AvgIpc) is 3.16. The number of nitrogens with zero attached hydrogens (tertiary/aromatic N) is 1. The van der Waals surface area contributed by atoms with E-state index in [2.05, 4.69) is 22.1 Å². The Labute approximate surface area is 128 Å². The van der Waals surface area contributed by atoms with Crippen LogP contribution in [0.25, 0.3) is 10.9 Å². The number of aromatic nitrogens is 1. The third kappa shape index (κ3) is 2.33. The van der Waals surface area contributed by atoms with E-state index in [0.29, 0.717) is 12.5 Å². The van der Waals surface area contributed by atoms with Gasteiger partial charge in [0.2, 0.25) is 5.90 Å². The Balaban J connectivity index is 1.57. The number of phenolic OH excluding ortho intramolecular Hbond substituents is 1. The van der Waals surface area contributed by atoms with Crippen LogP contribution >= 0.6 is 0 Å². The summed E-state index contributed by atoms with van der Waals surface area (Å²) >= 11 is 0. The zero-order valence-electron chi connectivity index (χ0n) is 12.0. The van der Waals surface area contributed by atoms with Crippen molar-refractivity contribution in [3.05, 3.63) is 65.9 Å². The van der Waals surface area contributed by atoms with Crippen molar-refractivity contribution in [2.24, 2.45) is 4.99 Å². The SMILES string of the molecule is Oc1cccc(C2=NC(Cc3c[nH]c4ccccc34)CO2)c1. The van der Waals surface area contributed by atoms with Crippen LogP contribution in [-0.4, -0.2) is 28.6 Å². The molecule has 2 aromatic carbocycles. The molecular weight excluding hydrogens is 276 g/mol. The van der Waals surface area contributed by atoms with Gasteiger partial charge in [0.1, 0.15) is 12.4 Å². The first-order valence-corrected chi connectivity index (χ1v) is 7.34. The second-order valence-corrected chi connectivity index (χ2v) is 5.51. The summed E-state index contributed by atoms with van der Waals surface area (Å²) in [5.41, 5.74) is 3.22. The average molecular weight is 292 g/mol. The lowest BCUT2D eigenvalue weighted by molar-refractivity contribution is 0.317. The second-order valence-electron chi connectivity index (χ2n) is 5.51. The number of para-hydroxylation sites is 1. The quantitative estimate of drug-likeness (QED) is 0.778. The Bertz CT molecular complexity index is 851. The number of hydrogen-bond donors (Lipinski definition) is 2. The van der Waals surface area contributed by atoms with Crippen molar-refractivity contribution in [2.45, 2.75) is 12.5 Å². The Hall–Kier alpha value is -2.75. The molecule has 3 aromatic rings. The largest absolute Gasteiger partial charge is 0.508 e. The van der Waals surface area contributed by atoms with Crippen LogP contribution in [0.2, 0.25) is 0 Å². The van der Waals surface area contributed by atoms with Gasteiger partial charge in [-0.1, -0.05) is 24.3 Å². The summed E-state index contributed by atoms with van der Waals surface area (Å²) in [6, 6.07) is 15.4. The van der Waals surface area contributed by atoms with Crippen LogP contribution in [0.1, 0.15) is 11.1 Å². The van der Waals surface area contributed by atoms with Gasteiger partial charge < -0.3 is 14.8 Å². The lowest BCUT2D eigenvalue weighted by Crippen LogP contribution is -2.09. The number of aromatic amines is 1. The van der Waals surface area contributed by atoms with Crippen molar-refractivity contribution in [3.63, 3.8) is 0 Å². The number of phenols is 1. The number of rotatable bonds is 3. The summed E-state index contributed by atoms with van der Waals surface area (Å²) < 4.78 is 5.70. The maximum absolute atomic E-state index is 9.55. The van der Waals surface area contributed by atoms with Crippen LogP contribution in [0.4, 0.5) is 0 Å². The van der Waals surface area contributed by atoms with Crippen molar-refractivity contribution in [2.75, 3.05) is 6.61 Å². The van der Waals surface area contributed by atoms with Crippen LogP contribution in [0, 0.1) is 0 Å². The van der Waals surface area contributed by atoms with Crippen LogP contribution in [0.5, 0.6) is 5.75 Å².